The molecule has 0 atom stereocenters. The van der Waals surface area contributed by atoms with Crippen LogP contribution in [-0.4, -0.2) is 6.29 Å². The zero-order chi connectivity index (χ0) is 10.5. The Hall–Kier alpha value is -2.09. The minimum absolute atomic E-state index is 0.564. The van der Waals surface area contributed by atoms with E-state index in [0.29, 0.717) is 5.56 Å². The Kier molecular flexibility index (Phi) is 2.79. The summed E-state index contributed by atoms with van der Waals surface area (Å²) in [6, 6.07) is 17.1. The lowest BCUT2D eigenvalue weighted by molar-refractivity contribution is 0.563. The minimum Gasteiger partial charge on any atom is -0.356 e. The lowest BCUT2D eigenvalue weighted by Crippen LogP contribution is -1.89. The normalized spacial score (nSPS) is 9.60. The molecule has 2 rings (SSSR count). The highest BCUT2D eigenvalue weighted by molar-refractivity contribution is 5.76. The van der Waals surface area contributed by atoms with Crippen molar-refractivity contribution < 1.29 is 4.79 Å². The summed E-state index contributed by atoms with van der Waals surface area (Å²) in [7, 11) is 0. The fraction of sp³-hybridized carbons (Fsp3) is 0. The quantitative estimate of drug-likeness (QED) is 0.817. The molecule has 0 aliphatic heterocycles. The van der Waals surface area contributed by atoms with Gasteiger partial charge in [-0.2, -0.15) is 0 Å². The van der Waals surface area contributed by atoms with Crippen molar-refractivity contribution in [1.29, 1.82) is 0 Å². The molecular weight excluding hydrogens is 186 g/mol. The second-order valence-corrected chi connectivity index (χ2v) is 3.17. The largest absolute Gasteiger partial charge is 0.356 e. The summed E-state index contributed by atoms with van der Waals surface area (Å²) >= 11 is 0. The third-order valence-corrected chi connectivity index (χ3v) is 2.07. The molecule has 2 nitrogen and oxygen atoms in total. The van der Waals surface area contributed by atoms with E-state index in [0.717, 1.165) is 11.4 Å². The summed E-state index contributed by atoms with van der Waals surface area (Å²) < 4.78 is 0. The van der Waals surface area contributed by atoms with Gasteiger partial charge in [0.05, 0.1) is 0 Å². The molecule has 2 aromatic carbocycles. The lowest BCUT2D eigenvalue weighted by Gasteiger charge is -2.05. The van der Waals surface area contributed by atoms with Crippen molar-refractivity contribution >= 4 is 17.7 Å². The second kappa shape index (κ2) is 4.42. The van der Waals surface area contributed by atoms with Gasteiger partial charge in [-0.05, 0) is 36.4 Å². The third kappa shape index (κ3) is 2.44. The van der Waals surface area contributed by atoms with Crippen LogP contribution in [0.2, 0.25) is 0 Å². The topological polar surface area (TPSA) is 29.1 Å². The van der Waals surface area contributed by atoms with Crippen LogP contribution in [-0.2, 0) is 4.79 Å². The van der Waals surface area contributed by atoms with E-state index in [-0.39, 0.29) is 0 Å². The summed E-state index contributed by atoms with van der Waals surface area (Å²) in [6.07, 6.45) is 1.84. The summed E-state index contributed by atoms with van der Waals surface area (Å²) in [5.74, 6) is 0. The number of rotatable bonds is 3. The van der Waals surface area contributed by atoms with Gasteiger partial charge in [-0.15, -0.1) is 0 Å². The molecule has 1 N–H and O–H groups in total. The van der Waals surface area contributed by atoms with E-state index < -0.39 is 0 Å². The molecule has 0 aromatic heterocycles. The number of hydrogen-bond acceptors (Lipinski definition) is 2. The first kappa shape index (κ1) is 9.46. The average Bonchev–Trinajstić information content (AvgIpc) is 2.31. The van der Waals surface area contributed by atoms with E-state index >= 15 is 0 Å². The van der Waals surface area contributed by atoms with Crippen LogP contribution in [0.15, 0.2) is 54.6 Å². The molecule has 0 heterocycles. The van der Waals surface area contributed by atoms with Gasteiger partial charge in [-0.1, -0.05) is 18.2 Å². The van der Waals surface area contributed by atoms with Crippen LogP contribution in [0.4, 0.5) is 11.4 Å². The molecule has 0 aliphatic rings. The highest BCUT2D eigenvalue weighted by atomic mass is 16.1. The molecule has 73 valence electrons. The standard InChI is InChI=1S/C13H10NO/c15-10-11-6-8-13(9-7-11)14-12-4-2-1-3-5-12/h1-9,14H. The number of hydrogen-bond donors (Lipinski definition) is 1. The maximum atomic E-state index is 10.3. The average molecular weight is 196 g/mol. The van der Waals surface area contributed by atoms with Crippen LogP contribution in [0.25, 0.3) is 0 Å². The number of anilines is 2. The van der Waals surface area contributed by atoms with Gasteiger partial charge >= 0.3 is 0 Å². The zero-order valence-corrected chi connectivity index (χ0v) is 8.10. The predicted molar refractivity (Wildman–Crippen MR) is 61.0 cm³/mol. The second-order valence-electron chi connectivity index (χ2n) is 3.17. The van der Waals surface area contributed by atoms with Gasteiger partial charge < -0.3 is 5.32 Å². The number of carbonyl (C=O) groups excluding carboxylic acids is 1. The Morgan fingerprint density at radius 2 is 1.40 bits per heavy atom. The van der Waals surface area contributed by atoms with Gasteiger partial charge in [0.2, 0.25) is 6.29 Å². The highest BCUT2D eigenvalue weighted by Crippen LogP contribution is 2.15. The molecule has 2 aromatic rings. The van der Waals surface area contributed by atoms with Crippen LogP contribution in [0.1, 0.15) is 5.56 Å². The maximum absolute atomic E-state index is 10.3. The molecule has 0 aliphatic carbocycles. The van der Waals surface area contributed by atoms with Crippen molar-refractivity contribution in [3.05, 3.63) is 60.2 Å². The summed E-state index contributed by atoms with van der Waals surface area (Å²) in [5, 5.41) is 3.23. The Morgan fingerprint density at radius 1 is 0.800 bits per heavy atom. The monoisotopic (exact) mass is 196 g/mol. The van der Waals surface area contributed by atoms with Crippen LogP contribution in [0.3, 0.4) is 0 Å². The van der Waals surface area contributed by atoms with E-state index in [1.54, 1.807) is 12.1 Å². The third-order valence-electron chi connectivity index (χ3n) is 2.07. The van der Waals surface area contributed by atoms with Crippen LogP contribution >= 0.6 is 0 Å². The highest BCUT2D eigenvalue weighted by Gasteiger charge is 1.94. The molecule has 0 saturated carbocycles. The first-order valence-electron chi connectivity index (χ1n) is 4.69. The Bertz CT molecular complexity index is 434. The molecule has 0 bridgehead atoms. The van der Waals surface area contributed by atoms with E-state index in [1.165, 1.54) is 0 Å². The number of benzene rings is 2. The Balaban J connectivity index is 2.15. The molecule has 0 saturated heterocycles. The molecular formula is C13H10NO. The van der Waals surface area contributed by atoms with Gasteiger partial charge in [0.1, 0.15) is 0 Å². The van der Waals surface area contributed by atoms with Crippen molar-refractivity contribution in [3.8, 4) is 0 Å². The molecule has 2 heteroatoms. The van der Waals surface area contributed by atoms with E-state index in [1.807, 2.05) is 48.8 Å². The number of para-hydroxylation sites is 1. The number of nitrogens with one attached hydrogen (secondary N) is 1. The molecule has 1 radical (unpaired) electrons. The van der Waals surface area contributed by atoms with Crippen molar-refractivity contribution in [2.45, 2.75) is 0 Å². The van der Waals surface area contributed by atoms with Crippen LogP contribution < -0.4 is 5.32 Å². The van der Waals surface area contributed by atoms with E-state index in [4.69, 9.17) is 0 Å². The van der Waals surface area contributed by atoms with E-state index in [9.17, 15) is 4.79 Å². The van der Waals surface area contributed by atoms with Gasteiger partial charge in [0, 0.05) is 16.9 Å². The van der Waals surface area contributed by atoms with Gasteiger partial charge in [0.15, 0.2) is 0 Å². The zero-order valence-electron chi connectivity index (χ0n) is 8.10. The van der Waals surface area contributed by atoms with Crippen LogP contribution in [0, 0.1) is 0 Å². The van der Waals surface area contributed by atoms with Crippen molar-refractivity contribution in [2.24, 2.45) is 0 Å². The fourth-order valence-corrected chi connectivity index (χ4v) is 1.31. The van der Waals surface area contributed by atoms with Crippen molar-refractivity contribution in [2.75, 3.05) is 5.32 Å². The predicted octanol–water partition coefficient (Wildman–Crippen LogP) is 2.89. The molecule has 0 spiro atoms. The fourth-order valence-electron chi connectivity index (χ4n) is 1.31. The van der Waals surface area contributed by atoms with Crippen molar-refractivity contribution in [3.63, 3.8) is 0 Å². The Morgan fingerprint density at radius 3 is 2.00 bits per heavy atom. The smallest absolute Gasteiger partial charge is 0.233 e. The van der Waals surface area contributed by atoms with Gasteiger partial charge in [0.25, 0.3) is 0 Å². The molecule has 0 fully saturated rings. The van der Waals surface area contributed by atoms with E-state index in [2.05, 4.69) is 5.32 Å². The summed E-state index contributed by atoms with van der Waals surface area (Å²) in [6.45, 7) is 0. The first-order chi connectivity index (χ1) is 7.38. The molecule has 0 unspecified atom stereocenters. The Labute approximate surface area is 88.6 Å². The SMILES string of the molecule is O=[C]c1ccc(Nc2ccccc2)cc1. The molecule has 15 heavy (non-hydrogen) atoms. The summed E-state index contributed by atoms with van der Waals surface area (Å²) in [5.41, 5.74) is 2.55. The molecule has 0 amide bonds. The first-order valence-corrected chi connectivity index (χ1v) is 4.69. The lowest BCUT2D eigenvalue weighted by atomic mass is 10.2. The maximum Gasteiger partial charge on any atom is 0.233 e. The van der Waals surface area contributed by atoms with Gasteiger partial charge in [-0.25, -0.2) is 0 Å². The van der Waals surface area contributed by atoms with Crippen molar-refractivity contribution in [1.82, 2.24) is 0 Å². The summed E-state index contributed by atoms with van der Waals surface area (Å²) in [4.78, 5) is 10.3. The van der Waals surface area contributed by atoms with Gasteiger partial charge in [-0.3, -0.25) is 4.79 Å². The minimum atomic E-state index is 0.564. The van der Waals surface area contributed by atoms with Crippen LogP contribution in [0.5, 0.6) is 0 Å².